The number of aryl methyl sites for hydroxylation is 1. The molecule has 8 nitrogen and oxygen atoms in total. The maximum absolute atomic E-state index is 13.0. The van der Waals surface area contributed by atoms with Crippen molar-refractivity contribution in [2.24, 2.45) is 0 Å². The lowest BCUT2D eigenvalue weighted by atomic mass is 9.95. The number of hydrogen-bond acceptors (Lipinski definition) is 5. The highest BCUT2D eigenvalue weighted by Crippen LogP contribution is 2.32. The van der Waals surface area contributed by atoms with Crippen LogP contribution in [0.15, 0.2) is 35.4 Å². The summed E-state index contributed by atoms with van der Waals surface area (Å²) in [6.45, 7) is 2.69. The van der Waals surface area contributed by atoms with Gasteiger partial charge in [-0.25, -0.2) is 8.42 Å². The number of rotatable bonds is 6. The van der Waals surface area contributed by atoms with E-state index in [-0.39, 0.29) is 18.4 Å². The molecule has 1 aromatic heterocycles. The fourth-order valence-electron chi connectivity index (χ4n) is 3.28. The van der Waals surface area contributed by atoms with Crippen LogP contribution in [0.5, 0.6) is 0 Å². The molecule has 3 rings (SSSR count). The minimum atomic E-state index is -3.56. The molecule has 1 fully saturated rings. The lowest BCUT2D eigenvalue weighted by Gasteiger charge is -2.31. The molecular weight excluding hydrogens is 368 g/mol. The molecule has 0 aliphatic carbocycles. The molecule has 2 aromatic rings. The fraction of sp³-hybridized carbons (Fsp3) is 0.444. The molecule has 0 bridgehead atoms. The molecule has 27 heavy (non-hydrogen) atoms. The van der Waals surface area contributed by atoms with Crippen molar-refractivity contribution in [1.82, 2.24) is 14.5 Å². The monoisotopic (exact) mass is 392 g/mol. The molecule has 146 valence electrons. The van der Waals surface area contributed by atoms with Gasteiger partial charge in [-0.15, -0.1) is 0 Å². The Morgan fingerprint density at radius 1 is 1.37 bits per heavy atom. The number of sulfonamides is 1. The zero-order valence-corrected chi connectivity index (χ0v) is 16.3. The predicted octanol–water partition coefficient (Wildman–Crippen LogP) is 1.87. The van der Waals surface area contributed by atoms with Gasteiger partial charge in [0, 0.05) is 26.1 Å². The quantitative estimate of drug-likeness (QED) is 0.781. The average molecular weight is 392 g/mol. The largest absolute Gasteiger partial charge is 0.375 e. The third-order valence-electron chi connectivity index (χ3n) is 4.67. The Morgan fingerprint density at radius 3 is 2.81 bits per heavy atom. The third kappa shape index (κ3) is 4.37. The van der Waals surface area contributed by atoms with Gasteiger partial charge >= 0.3 is 0 Å². The Kier molecular flexibility index (Phi) is 5.93. The number of aromatic nitrogens is 2. The van der Waals surface area contributed by atoms with Crippen molar-refractivity contribution in [3.63, 3.8) is 0 Å². The Bertz CT molecular complexity index is 892. The molecule has 1 aromatic carbocycles. The molecule has 1 atom stereocenters. The number of piperidine rings is 1. The summed E-state index contributed by atoms with van der Waals surface area (Å²) in [4.78, 5) is 12.1. The van der Waals surface area contributed by atoms with Crippen molar-refractivity contribution in [2.75, 3.05) is 32.1 Å². The van der Waals surface area contributed by atoms with E-state index in [2.05, 4.69) is 15.5 Å². The van der Waals surface area contributed by atoms with E-state index >= 15 is 0 Å². The second-order valence-electron chi connectivity index (χ2n) is 6.69. The molecule has 0 spiro atoms. The lowest BCUT2D eigenvalue weighted by molar-refractivity contribution is -0.119. The molecule has 0 radical (unpaired) electrons. The summed E-state index contributed by atoms with van der Waals surface area (Å²) in [5, 5.41) is 9.69. The van der Waals surface area contributed by atoms with Crippen LogP contribution in [0, 0.1) is 6.92 Å². The molecule has 1 saturated heterocycles. The van der Waals surface area contributed by atoms with Gasteiger partial charge in [-0.1, -0.05) is 17.7 Å². The summed E-state index contributed by atoms with van der Waals surface area (Å²) in [5.74, 6) is -0.348. The van der Waals surface area contributed by atoms with Crippen molar-refractivity contribution in [3.05, 3.63) is 41.7 Å². The van der Waals surface area contributed by atoms with Gasteiger partial charge in [0.15, 0.2) is 0 Å². The normalized spacial score (nSPS) is 18.4. The summed E-state index contributed by atoms with van der Waals surface area (Å²) < 4.78 is 32.3. The van der Waals surface area contributed by atoms with E-state index < -0.39 is 10.0 Å². The first kappa shape index (κ1) is 19.5. The topological polar surface area (TPSA) is 104 Å². The smallest absolute Gasteiger partial charge is 0.250 e. The van der Waals surface area contributed by atoms with Crippen LogP contribution >= 0.6 is 0 Å². The number of nitrogens with zero attached hydrogens (tertiary/aromatic N) is 2. The first-order valence-electron chi connectivity index (χ1n) is 8.80. The van der Waals surface area contributed by atoms with Crippen LogP contribution in [0.25, 0.3) is 0 Å². The highest BCUT2D eigenvalue weighted by Gasteiger charge is 2.32. The zero-order chi connectivity index (χ0) is 19.4. The van der Waals surface area contributed by atoms with Gasteiger partial charge in [-0.3, -0.25) is 9.89 Å². The van der Waals surface area contributed by atoms with E-state index in [1.54, 1.807) is 24.3 Å². The van der Waals surface area contributed by atoms with E-state index in [0.29, 0.717) is 23.7 Å². The molecule has 1 unspecified atom stereocenters. The lowest BCUT2D eigenvalue weighted by Crippen LogP contribution is -2.39. The van der Waals surface area contributed by atoms with Crippen LogP contribution in [0.2, 0.25) is 0 Å². The molecule has 9 heteroatoms. The Balaban J connectivity index is 1.78. The van der Waals surface area contributed by atoms with Crippen molar-refractivity contribution in [3.8, 4) is 0 Å². The maximum Gasteiger partial charge on any atom is 0.250 e. The van der Waals surface area contributed by atoms with Crippen LogP contribution in [0.3, 0.4) is 0 Å². The average Bonchev–Trinajstić information content (AvgIpc) is 3.10. The Labute approximate surface area is 159 Å². The highest BCUT2D eigenvalue weighted by atomic mass is 32.2. The molecule has 0 saturated carbocycles. The van der Waals surface area contributed by atoms with Crippen molar-refractivity contribution >= 4 is 21.6 Å². The van der Waals surface area contributed by atoms with Crippen molar-refractivity contribution < 1.29 is 17.9 Å². The van der Waals surface area contributed by atoms with E-state index in [1.807, 2.05) is 6.92 Å². The molecule has 1 aliphatic heterocycles. The van der Waals surface area contributed by atoms with Gasteiger partial charge in [0.2, 0.25) is 15.9 Å². The number of H-pyrrole nitrogens is 1. The number of nitrogens with one attached hydrogen (secondary N) is 2. The summed E-state index contributed by atoms with van der Waals surface area (Å²) in [7, 11) is -2.11. The standard InChI is InChI=1S/C18H24N4O4S/c1-13-5-7-15(8-6-13)27(24,25)22-9-3-4-14(11-22)18-16(10-19-21-18)20-17(23)12-26-2/h5-8,10,14H,3-4,9,11-12H2,1-2H3,(H,19,21)(H,20,23). The van der Waals surface area contributed by atoms with Gasteiger partial charge in [0.05, 0.1) is 22.5 Å². The fourth-order valence-corrected chi connectivity index (χ4v) is 4.80. The van der Waals surface area contributed by atoms with Gasteiger partial charge < -0.3 is 10.1 Å². The SMILES string of the molecule is COCC(=O)Nc1cn[nH]c1C1CCCN(S(=O)(=O)c2ccc(C)cc2)C1. The Hall–Kier alpha value is -2.23. The molecular formula is C18H24N4O4S. The van der Waals surface area contributed by atoms with Gasteiger partial charge in [-0.05, 0) is 31.9 Å². The second kappa shape index (κ2) is 8.20. The number of anilines is 1. The first-order valence-corrected chi connectivity index (χ1v) is 10.2. The zero-order valence-electron chi connectivity index (χ0n) is 15.4. The number of hydrogen-bond donors (Lipinski definition) is 2. The van der Waals surface area contributed by atoms with E-state index in [0.717, 1.165) is 24.1 Å². The van der Waals surface area contributed by atoms with Crippen LogP contribution in [0.4, 0.5) is 5.69 Å². The predicted molar refractivity (Wildman–Crippen MR) is 101 cm³/mol. The number of benzene rings is 1. The number of carbonyl (C=O) groups is 1. The van der Waals surface area contributed by atoms with Crippen LogP contribution in [-0.4, -0.2) is 55.6 Å². The van der Waals surface area contributed by atoms with E-state index in [1.165, 1.54) is 17.6 Å². The van der Waals surface area contributed by atoms with Crippen molar-refractivity contribution in [1.29, 1.82) is 0 Å². The summed E-state index contributed by atoms with van der Waals surface area (Å²) in [6, 6.07) is 6.88. The van der Waals surface area contributed by atoms with E-state index in [9.17, 15) is 13.2 Å². The molecule has 2 heterocycles. The maximum atomic E-state index is 13.0. The van der Waals surface area contributed by atoms with Gasteiger partial charge in [0.25, 0.3) is 0 Å². The van der Waals surface area contributed by atoms with Crippen molar-refractivity contribution in [2.45, 2.75) is 30.6 Å². The number of aromatic amines is 1. The van der Waals surface area contributed by atoms with Crippen LogP contribution in [-0.2, 0) is 19.6 Å². The first-order chi connectivity index (χ1) is 12.9. The van der Waals surface area contributed by atoms with Gasteiger partial charge in [0.1, 0.15) is 6.61 Å². The number of carbonyl (C=O) groups excluding carboxylic acids is 1. The van der Waals surface area contributed by atoms with Crippen LogP contribution in [0.1, 0.15) is 30.0 Å². The summed E-state index contributed by atoms with van der Waals surface area (Å²) >= 11 is 0. The summed E-state index contributed by atoms with van der Waals surface area (Å²) in [5.41, 5.74) is 2.32. The third-order valence-corrected chi connectivity index (χ3v) is 6.55. The molecule has 2 N–H and O–H groups in total. The number of amides is 1. The molecule has 1 amide bonds. The highest BCUT2D eigenvalue weighted by molar-refractivity contribution is 7.89. The minimum Gasteiger partial charge on any atom is -0.375 e. The number of methoxy groups -OCH3 is 1. The molecule has 1 aliphatic rings. The number of ether oxygens (including phenoxy) is 1. The Morgan fingerprint density at radius 2 is 2.11 bits per heavy atom. The van der Waals surface area contributed by atoms with Crippen LogP contribution < -0.4 is 5.32 Å². The van der Waals surface area contributed by atoms with Gasteiger partial charge in [-0.2, -0.15) is 9.40 Å². The summed E-state index contributed by atoms with van der Waals surface area (Å²) in [6.07, 6.45) is 3.09. The minimum absolute atomic E-state index is 0.0524. The second-order valence-corrected chi connectivity index (χ2v) is 8.63. The van der Waals surface area contributed by atoms with E-state index in [4.69, 9.17) is 4.74 Å².